The highest BCUT2D eigenvalue weighted by Gasteiger charge is 2.37. The first-order valence-electron chi connectivity index (χ1n) is 19.8. The molecule has 8 N–H and O–H groups in total. The Bertz CT molecular complexity index is 1750. The van der Waals surface area contributed by atoms with E-state index in [1.165, 1.54) is 0 Å². The van der Waals surface area contributed by atoms with Gasteiger partial charge in [0.2, 0.25) is 17.6 Å². The maximum Gasteiger partial charge on any atom is 0.322 e. The van der Waals surface area contributed by atoms with E-state index >= 15 is 0 Å². The van der Waals surface area contributed by atoms with E-state index in [2.05, 4.69) is 21.3 Å². The van der Waals surface area contributed by atoms with E-state index < -0.39 is 156 Å². The molecule has 7 amide bonds. The first-order chi connectivity index (χ1) is 28.4. The van der Waals surface area contributed by atoms with Crippen molar-refractivity contribution in [3.8, 4) is 0 Å². The number of carboxylic acids is 3. The van der Waals surface area contributed by atoms with Gasteiger partial charge in [-0.3, -0.25) is 43.2 Å². The van der Waals surface area contributed by atoms with Gasteiger partial charge in [-0.05, 0) is 31.6 Å². The molecule has 0 spiro atoms. The summed E-state index contributed by atoms with van der Waals surface area (Å²) in [6, 6.07) is -8.79. The van der Waals surface area contributed by atoms with Crippen LogP contribution in [0.15, 0.2) is 0 Å². The Labute approximate surface area is 353 Å². The number of aliphatic carboxylic acids is 3. The predicted octanol–water partition coefficient (Wildman–Crippen LogP) is -1.18. The van der Waals surface area contributed by atoms with Crippen molar-refractivity contribution < 1.29 is 76.5 Å². The summed E-state index contributed by atoms with van der Waals surface area (Å²) < 4.78 is 24.9. The van der Waals surface area contributed by atoms with Gasteiger partial charge in [-0.15, -0.1) is 0 Å². The molecule has 1 aliphatic rings. The van der Waals surface area contributed by atoms with Crippen LogP contribution in [0, 0.1) is 5.92 Å². The van der Waals surface area contributed by atoms with Crippen LogP contribution in [-0.2, 0) is 53.0 Å². The van der Waals surface area contributed by atoms with Gasteiger partial charge in [-0.25, -0.2) is 18.0 Å². The molecule has 0 bridgehead atoms. The molecule has 0 saturated heterocycles. The molecule has 23 nitrogen and oxygen atoms in total. The smallest absolute Gasteiger partial charge is 0.322 e. The van der Waals surface area contributed by atoms with Crippen LogP contribution in [0.3, 0.4) is 0 Å². The van der Waals surface area contributed by atoms with Crippen molar-refractivity contribution in [1.82, 2.24) is 36.4 Å². The number of carbonyl (C=O) groups is 11. The molecule has 1 fully saturated rings. The largest absolute Gasteiger partial charge is 0.481 e. The van der Waals surface area contributed by atoms with Gasteiger partial charge in [-0.2, -0.15) is 0 Å². The summed E-state index contributed by atoms with van der Waals surface area (Å²) in [6.45, 7) is 2.95. The number of amides is 7. The number of nitrogens with zero attached hydrogens (tertiary/aromatic N) is 2. The third kappa shape index (κ3) is 20.4. The number of urea groups is 2. The lowest BCUT2D eigenvalue weighted by atomic mass is 9.93. The van der Waals surface area contributed by atoms with Crippen LogP contribution in [0.1, 0.15) is 91.9 Å². The Morgan fingerprint density at radius 1 is 0.705 bits per heavy atom. The van der Waals surface area contributed by atoms with Crippen molar-refractivity contribution in [2.45, 2.75) is 122 Å². The van der Waals surface area contributed by atoms with Gasteiger partial charge in [0.15, 0.2) is 11.6 Å². The third-order valence-corrected chi connectivity index (χ3v) is 10.4. The molecule has 344 valence electrons. The molecule has 1 aliphatic carbocycles. The van der Waals surface area contributed by atoms with Crippen LogP contribution < -0.4 is 26.6 Å². The van der Waals surface area contributed by atoms with Crippen LogP contribution in [0.25, 0.3) is 0 Å². The van der Waals surface area contributed by atoms with E-state index in [0.717, 1.165) is 29.4 Å². The molecule has 0 aromatic carbocycles. The molecule has 4 unspecified atom stereocenters. The molecule has 0 aromatic rings. The molecule has 1 saturated carbocycles. The fourth-order valence-corrected chi connectivity index (χ4v) is 7.27. The number of carboxylic acid groups (broad SMARTS) is 3. The fraction of sp³-hybridized carbons (Fsp3) is 0.703. The number of carbonyl (C=O) groups excluding carboxylic acids is 8. The van der Waals surface area contributed by atoms with E-state index in [9.17, 15) is 66.3 Å². The average Bonchev–Trinajstić information content (AvgIpc) is 3.16. The summed E-state index contributed by atoms with van der Waals surface area (Å²) in [5.41, 5.74) is 0. The van der Waals surface area contributed by atoms with Gasteiger partial charge in [0.25, 0.3) is 5.91 Å². The Morgan fingerprint density at radius 2 is 1.31 bits per heavy atom. The number of Topliss-reactive ketones (excluding diaryl/α,β-unsaturated/α-hetero) is 3. The second-order valence-electron chi connectivity index (χ2n) is 15.2. The lowest BCUT2D eigenvalue weighted by molar-refractivity contribution is -0.142. The number of rotatable bonds is 27. The number of hydrogen-bond acceptors (Lipinski definition) is 13. The first kappa shape index (κ1) is 53.3. The van der Waals surface area contributed by atoms with Crippen LogP contribution in [0.4, 0.5) is 9.59 Å². The summed E-state index contributed by atoms with van der Waals surface area (Å²) >= 11 is 0. The van der Waals surface area contributed by atoms with Crippen LogP contribution in [-0.4, -0.2) is 167 Å². The number of hydrogen-bond donors (Lipinski definition) is 8. The average molecular weight is 890 g/mol. The zero-order valence-electron chi connectivity index (χ0n) is 35.0. The Kier molecular flexibility index (Phi) is 22.6. The third-order valence-electron chi connectivity index (χ3n) is 9.46. The lowest BCUT2D eigenvalue weighted by Gasteiger charge is -2.36. The SMILES string of the molecule is CCCC(NC(=O)C(CS(C)(=O)=O)NC(=O)N(CC(=O)C(NC(=O)N(CCC(=O)O)CC(=O)C(CCC(=O)O)NC(C)=O)C(C)C)C1CCCCC1)C(=O)C(=O)NCC(=O)O. The van der Waals surface area contributed by atoms with Gasteiger partial charge in [0, 0.05) is 32.2 Å². The highest BCUT2D eigenvalue weighted by Crippen LogP contribution is 2.23. The van der Waals surface area contributed by atoms with Gasteiger partial charge < -0.3 is 51.7 Å². The summed E-state index contributed by atoms with van der Waals surface area (Å²) in [4.78, 5) is 141. The van der Waals surface area contributed by atoms with Crippen molar-refractivity contribution in [3.05, 3.63) is 0 Å². The lowest BCUT2D eigenvalue weighted by Crippen LogP contribution is -2.60. The molecule has 4 atom stereocenters. The number of sulfone groups is 1. The van der Waals surface area contributed by atoms with Crippen molar-refractivity contribution in [2.24, 2.45) is 5.92 Å². The summed E-state index contributed by atoms with van der Waals surface area (Å²) in [7, 11) is -4.02. The quantitative estimate of drug-likeness (QED) is 0.0450. The maximum atomic E-state index is 14.1. The number of ketones is 3. The number of nitrogens with one attached hydrogen (secondary N) is 5. The van der Waals surface area contributed by atoms with Crippen molar-refractivity contribution in [2.75, 3.05) is 38.2 Å². The van der Waals surface area contributed by atoms with Crippen LogP contribution >= 0.6 is 0 Å². The molecule has 1 rings (SSSR count). The maximum absolute atomic E-state index is 14.1. The summed E-state index contributed by atoms with van der Waals surface area (Å²) in [5, 5.41) is 38.6. The molecule has 0 heterocycles. The molecule has 61 heavy (non-hydrogen) atoms. The second kappa shape index (κ2) is 25.8. The van der Waals surface area contributed by atoms with E-state index in [0.29, 0.717) is 25.7 Å². The zero-order chi connectivity index (χ0) is 46.6. The van der Waals surface area contributed by atoms with E-state index in [4.69, 9.17) is 10.2 Å². The second-order valence-corrected chi connectivity index (χ2v) is 17.3. The standard InChI is InChI=1S/C37H59N7O16S/c1-6-10-25(33(54)35(56)38-17-31(52)53)40-34(55)26(20-61(5,59)60)41-37(58)44(23-11-8-7-9-12-23)19-28(47)32(21(2)3)42-36(57)43(16-15-30(50)51)18-27(46)24(39-22(4)45)13-14-29(48)49/h21,23-26,32H,6-20H2,1-5H3,(H,38,56)(H,39,45)(H,40,55)(H,41,58)(H,42,57)(H,48,49)(H,50,51)(H,52,53). The Hall–Kier alpha value is -5.68. The minimum absolute atomic E-state index is 0.113. The minimum atomic E-state index is -4.02. The normalized spacial score (nSPS) is 14.9. The first-order valence-corrected chi connectivity index (χ1v) is 21.8. The van der Waals surface area contributed by atoms with Gasteiger partial charge in [-0.1, -0.05) is 46.5 Å². The fourth-order valence-electron chi connectivity index (χ4n) is 6.43. The Morgan fingerprint density at radius 3 is 1.82 bits per heavy atom. The monoisotopic (exact) mass is 889 g/mol. The van der Waals surface area contributed by atoms with Gasteiger partial charge >= 0.3 is 30.0 Å². The topological polar surface area (TPSA) is 349 Å². The van der Waals surface area contributed by atoms with Crippen LogP contribution in [0.5, 0.6) is 0 Å². The molecule has 0 aliphatic heterocycles. The van der Waals surface area contributed by atoms with Crippen LogP contribution in [0.2, 0.25) is 0 Å². The molecular weight excluding hydrogens is 831 g/mol. The van der Waals surface area contributed by atoms with Crippen molar-refractivity contribution in [3.63, 3.8) is 0 Å². The predicted molar refractivity (Wildman–Crippen MR) is 214 cm³/mol. The minimum Gasteiger partial charge on any atom is -0.481 e. The van der Waals surface area contributed by atoms with E-state index in [1.54, 1.807) is 20.8 Å². The Balaban J connectivity index is 3.45. The van der Waals surface area contributed by atoms with Crippen molar-refractivity contribution in [1.29, 1.82) is 0 Å². The summed E-state index contributed by atoms with van der Waals surface area (Å²) in [5.74, 6) is -11.6. The molecule has 24 heteroatoms. The zero-order valence-corrected chi connectivity index (χ0v) is 35.8. The van der Waals surface area contributed by atoms with Gasteiger partial charge in [0.1, 0.15) is 22.4 Å². The van der Waals surface area contributed by atoms with E-state index in [1.807, 2.05) is 5.32 Å². The summed E-state index contributed by atoms with van der Waals surface area (Å²) in [6.07, 6.45) is 2.34. The molecular formula is C37H59N7O16S. The van der Waals surface area contributed by atoms with E-state index in [-0.39, 0.29) is 19.3 Å². The van der Waals surface area contributed by atoms with Crippen molar-refractivity contribution >= 4 is 74.9 Å². The highest BCUT2D eigenvalue weighted by molar-refractivity contribution is 7.90. The highest BCUT2D eigenvalue weighted by atomic mass is 32.2. The molecule has 0 radical (unpaired) electrons. The van der Waals surface area contributed by atoms with Gasteiger partial charge in [0.05, 0.1) is 43.4 Å². The molecule has 0 aromatic heterocycles.